The summed E-state index contributed by atoms with van der Waals surface area (Å²) in [5.74, 6) is 0.714. The monoisotopic (exact) mass is 328 g/mol. The predicted octanol–water partition coefficient (Wildman–Crippen LogP) is 7.05. The highest BCUT2D eigenvalue weighted by molar-refractivity contribution is 5.64. The summed E-state index contributed by atoms with van der Waals surface area (Å²) in [5, 5.41) is 0. The molecule has 2 nitrogen and oxygen atoms in total. The highest BCUT2D eigenvalue weighted by atomic mass is 17.2. The molecule has 132 valence electrons. The molecule has 2 heteroatoms. The molecule has 0 aromatic heterocycles. The molecule has 0 fully saturated rings. The third-order valence-electron chi connectivity index (χ3n) is 3.29. The smallest absolute Gasteiger partial charge is 0.166 e. The maximum atomic E-state index is 5.33. The molecule has 0 aliphatic rings. The Kier molecular flexibility index (Phi) is 9.18. The van der Waals surface area contributed by atoms with E-state index in [1.165, 1.54) is 31.2 Å². The average Bonchev–Trinajstić information content (AvgIpc) is 2.59. The Morgan fingerprint density at radius 2 is 1.33 bits per heavy atom. The molecule has 0 saturated heterocycles. The third-order valence-corrected chi connectivity index (χ3v) is 3.29. The fraction of sp³-hybridized carbons (Fsp3) is 0.455. The lowest BCUT2D eigenvalue weighted by atomic mass is 10.1. The van der Waals surface area contributed by atoms with Crippen LogP contribution in [0.4, 0.5) is 0 Å². The molecule has 0 bridgehead atoms. The Balaban J connectivity index is 0.000000413. The first kappa shape index (κ1) is 20.2. The van der Waals surface area contributed by atoms with Crippen molar-refractivity contribution in [3.8, 4) is 16.9 Å². The second-order valence-electron chi connectivity index (χ2n) is 6.88. The maximum Gasteiger partial charge on any atom is 0.166 e. The molecule has 0 radical (unpaired) electrons. The molecule has 2 aromatic carbocycles. The molecule has 0 atom stereocenters. The minimum atomic E-state index is -0.317. The van der Waals surface area contributed by atoms with Gasteiger partial charge in [0.25, 0.3) is 0 Å². The van der Waals surface area contributed by atoms with Crippen molar-refractivity contribution in [2.45, 2.75) is 65.9 Å². The lowest BCUT2D eigenvalue weighted by Gasteiger charge is -2.17. The van der Waals surface area contributed by atoms with Crippen LogP contribution in [-0.4, -0.2) is 5.60 Å². The zero-order chi connectivity index (χ0) is 17.8. The minimum Gasteiger partial charge on any atom is -0.337 e. The van der Waals surface area contributed by atoms with E-state index >= 15 is 0 Å². The summed E-state index contributed by atoms with van der Waals surface area (Å²) in [5.41, 5.74) is 1.97. The summed E-state index contributed by atoms with van der Waals surface area (Å²) in [6.07, 6.45) is 5.54. The summed E-state index contributed by atoms with van der Waals surface area (Å²) in [6, 6.07) is 18.1. The predicted molar refractivity (Wildman–Crippen MR) is 103 cm³/mol. The fourth-order valence-electron chi connectivity index (χ4n) is 2.03. The summed E-state index contributed by atoms with van der Waals surface area (Å²) < 4.78 is 0. The second kappa shape index (κ2) is 10.9. The number of rotatable bonds is 6. The zero-order valence-corrected chi connectivity index (χ0v) is 15.8. The van der Waals surface area contributed by atoms with Gasteiger partial charge in [-0.3, -0.25) is 0 Å². The van der Waals surface area contributed by atoms with Crippen molar-refractivity contribution < 1.29 is 9.78 Å². The van der Waals surface area contributed by atoms with E-state index in [0.29, 0.717) is 5.75 Å². The molecule has 0 heterocycles. The summed E-state index contributed by atoms with van der Waals surface area (Å²) in [4.78, 5) is 10.6. The molecule has 2 aromatic rings. The van der Waals surface area contributed by atoms with E-state index in [0.717, 1.165) is 5.56 Å². The molecule has 0 amide bonds. The van der Waals surface area contributed by atoms with Crippen LogP contribution in [0.25, 0.3) is 11.1 Å². The fourth-order valence-corrected chi connectivity index (χ4v) is 2.03. The molecule has 24 heavy (non-hydrogen) atoms. The van der Waals surface area contributed by atoms with Crippen molar-refractivity contribution in [2.24, 2.45) is 0 Å². The lowest BCUT2D eigenvalue weighted by molar-refractivity contribution is -0.274. The summed E-state index contributed by atoms with van der Waals surface area (Å²) in [6.45, 7) is 10.3. The van der Waals surface area contributed by atoms with Crippen molar-refractivity contribution in [2.75, 3.05) is 0 Å². The van der Waals surface area contributed by atoms with Crippen LogP contribution in [0.3, 0.4) is 0 Å². The number of benzene rings is 2. The van der Waals surface area contributed by atoms with Gasteiger partial charge in [0.1, 0.15) is 5.60 Å². The summed E-state index contributed by atoms with van der Waals surface area (Å²) >= 11 is 0. The highest BCUT2D eigenvalue weighted by Crippen LogP contribution is 2.24. The Morgan fingerprint density at radius 1 is 0.750 bits per heavy atom. The SMILES string of the molecule is CC(C)(C)OOc1cccc(-c2ccccc2)c1.CCCCCC. The highest BCUT2D eigenvalue weighted by Gasteiger charge is 2.12. The lowest BCUT2D eigenvalue weighted by Crippen LogP contribution is -2.21. The van der Waals surface area contributed by atoms with Crippen molar-refractivity contribution >= 4 is 0 Å². The number of unbranched alkanes of at least 4 members (excludes halogenated alkanes) is 3. The Bertz CT molecular complexity index is 552. The van der Waals surface area contributed by atoms with Crippen molar-refractivity contribution in [1.29, 1.82) is 0 Å². The largest absolute Gasteiger partial charge is 0.337 e. The molecule has 0 aliphatic carbocycles. The Morgan fingerprint density at radius 3 is 1.88 bits per heavy atom. The Hall–Kier alpha value is -1.80. The third kappa shape index (κ3) is 8.73. The Labute approximate surface area is 147 Å². The van der Waals surface area contributed by atoms with Crippen molar-refractivity contribution in [1.82, 2.24) is 0 Å². The van der Waals surface area contributed by atoms with Crippen LogP contribution in [0, 0.1) is 0 Å². The molecule has 0 saturated carbocycles. The molecule has 0 N–H and O–H groups in total. The van der Waals surface area contributed by atoms with Crippen LogP contribution in [0.2, 0.25) is 0 Å². The maximum absolute atomic E-state index is 5.33. The molecule has 0 aliphatic heterocycles. The standard InChI is InChI=1S/C16H18O2.C6H14/c1-16(2,3)18-17-15-11-7-10-14(12-15)13-8-5-4-6-9-13;1-3-5-6-4-2/h4-12H,1-3H3;3-6H2,1-2H3. The minimum absolute atomic E-state index is 0.317. The van der Waals surface area contributed by atoms with Crippen LogP contribution in [0.5, 0.6) is 5.75 Å². The van der Waals surface area contributed by atoms with Gasteiger partial charge in [-0.05, 0) is 44.0 Å². The van der Waals surface area contributed by atoms with E-state index in [2.05, 4.69) is 32.0 Å². The first-order valence-electron chi connectivity index (χ1n) is 8.97. The number of hydrogen-bond donors (Lipinski definition) is 0. The van der Waals surface area contributed by atoms with Gasteiger partial charge in [0.2, 0.25) is 0 Å². The zero-order valence-electron chi connectivity index (χ0n) is 15.8. The van der Waals surface area contributed by atoms with Crippen LogP contribution in [-0.2, 0) is 4.89 Å². The van der Waals surface area contributed by atoms with E-state index in [4.69, 9.17) is 9.78 Å². The normalized spacial score (nSPS) is 10.7. The first-order valence-corrected chi connectivity index (χ1v) is 8.97. The van der Waals surface area contributed by atoms with E-state index in [1.807, 2.05) is 57.2 Å². The van der Waals surface area contributed by atoms with Crippen molar-refractivity contribution in [3.05, 3.63) is 54.6 Å². The van der Waals surface area contributed by atoms with Crippen LogP contribution in [0.15, 0.2) is 54.6 Å². The van der Waals surface area contributed by atoms with Gasteiger partial charge in [-0.2, -0.15) is 4.89 Å². The molecular weight excluding hydrogens is 296 g/mol. The van der Waals surface area contributed by atoms with Crippen molar-refractivity contribution in [3.63, 3.8) is 0 Å². The second-order valence-corrected chi connectivity index (χ2v) is 6.88. The van der Waals surface area contributed by atoms with E-state index in [9.17, 15) is 0 Å². The van der Waals surface area contributed by atoms with Gasteiger partial charge in [-0.15, -0.1) is 0 Å². The first-order chi connectivity index (χ1) is 11.5. The van der Waals surface area contributed by atoms with E-state index in [1.54, 1.807) is 0 Å². The van der Waals surface area contributed by atoms with Gasteiger partial charge in [0.15, 0.2) is 5.75 Å². The van der Waals surface area contributed by atoms with Gasteiger partial charge in [0.05, 0.1) is 0 Å². The molecular formula is C22H32O2. The van der Waals surface area contributed by atoms with E-state index < -0.39 is 0 Å². The van der Waals surface area contributed by atoms with E-state index in [-0.39, 0.29) is 5.60 Å². The van der Waals surface area contributed by atoms with Gasteiger partial charge in [-0.25, -0.2) is 0 Å². The van der Waals surface area contributed by atoms with Crippen LogP contribution < -0.4 is 4.89 Å². The van der Waals surface area contributed by atoms with Gasteiger partial charge in [0, 0.05) is 0 Å². The van der Waals surface area contributed by atoms with Gasteiger partial charge >= 0.3 is 0 Å². The molecule has 2 rings (SSSR count). The number of hydrogen-bond acceptors (Lipinski definition) is 2. The van der Waals surface area contributed by atoms with Crippen LogP contribution in [0.1, 0.15) is 60.3 Å². The quantitative estimate of drug-likeness (QED) is 0.321. The van der Waals surface area contributed by atoms with Gasteiger partial charge < -0.3 is 4.89 Å². The average molecular weight is 328 g/mol. The van der Waals surface area contributed by atoms with Gasteiger partial charge in [-0.1, -0.05) is 82.0 Å². The molecule has 0 unspecified atom stereocenters. The summed E-state index contributed by atoms with van der Waals surface area (Å²) in [7, 11) is 0. The molecule has 0 spiro atoms. The van der Waals surface area contributed by atoms with Crippen LogP contribution >= 0.6 is 0 Å². The topological polar surface area (TPSA) is 18.5 Å².